The lowest BCUT2D eigenvalue weighted by molar-refractivity contribution is 0.0906. The Bertz CT molecular complexity index is 747. The van der Waals surface area contributed by atoms with Gasteiger partial charge in [0.25, 0.3) is 0 Å². The molecule has 0 heterocycles. The van der Waals surface area contributed by atoms with Gasteiger partial charge in [-0.1, -0.05) is 38.1 Å². The maximum Gasteiger partial charge on any atom is 0.165 e. The largest absolute Gasteiger partial charge is 0.294 e. The van der Waals surface area contributed by atoms with Crippen LogP contribution in [0.3, 0.4) is 0 Å². The topological polar surface area (TPSA) is 34.1 Å². The molecule has 0 spiro atoms. The number of carbonyl (C=O) groups is 2. The van der Waals surface area contributed by atoms with E-state index >= 15 is 0 Å². The number of Topliss-reactive ketones (excluding diaryl/α,β-unsaturated/α-hetero) is 2. The van der Waals surface area contributed by atoms with E-state index < -0.39 is 0 Å². The zero-order valence-corrected chi connectivity index (χ0v) is 13.1. The second-order valence-corrected chi connectivity index (χ2v) is 6.89. The van der Waals surface area contributed by atoms with E-state index in [9.17, 15) is 9.59 Å². The van der Waals surface area contributed by atoms with Gasteiger partial charge in [-0.2, -0.15) is 0 Å². The van der Waals surface area contributed by atoms with Gasteiger partial charge in [0.1, 0.15) is 0 Å². The predicted molar refractivity (Wildman–Crippen MR) is 87.6 cm³/mol. The van der Waals surface area contributed by atoms with Crippen LogP contribution in [0, 0.1) is 11.8 Å². The number of fused-ring (bicyclic) bond motifs is 5. The van der Waals surface area contributed by atoms with Crippen LogP contribution in [0.25, 0.3) is 10.8 Å². The van der Waals surface area contributed by atoms with E-state index in [1.807, 2.05) is 26.0 Å². The Balaban J connectivity index is 1.98. The normalized spacial score (nSPS) is 24.3. The lowest BCUT2D eigenvalue weighted by Gasteiger charge is -2.25. The van der Waals surface area contributed by atoms with Gasteiger partial charge in [0.15, 0.2) is 11.6 Å². The van der Waals surface area contributed by atoms with Crippen LogP contribution >= 0.6 is 0 Å². The van der Waals surface area contributed by atoms with Gasteiger partial charge >= 0.3 is 0 Å². The summed E-state index contributed by atoms with van der Waals surface area (Å²) in [6.45, 7) is 4.03. The van der Waals surface area contributed by atoms with Gasteiger partial charge in [0.05, 0.1) is 0 Å². The number of hydrogen-bond donors (Lipinski definition) is 0. The molecule has 2 atom stereocenters. The average molecular weight is 292 g/mol. The molecule has 0 bridgehead atoms. The fourth-order valence-electron chi connectivity index (χ4n) is 4.05. The number of ketones is 2. The van der Waals surface area contributed by atoms with E-state index in [1.54, 1.807) is 0 Å². The van der Waals surface area contributed by atoms with Crippen molar-refractivity contribution in [1.82, 2.24) is 0 Å². The third kappa shape index (κ3) is 1.79. The molecule has 2 heteroatoms. The maximum absolute atomic E-state index is 12.4. The summed E-state index contributed by atoms with van der Waals surface area (Å²) >= 11 is 0. The molecule has 0 N–H and O–H groups in total. The van der Waals surface area contributed by atoms with Gasteiger partial charge in [0, 0.05) is 23.0 Å². The van der Waals surface area contributed by atoms with Gasteiger partial charge in [-0.25, -0.2) is 0 Å². The van der Waals surface area contributed by atoms with Crippen LogP contribution in [0.2, 0.25) is 0 Å². The second-order valence-electron chi connectivity index (χ2n) is 6.89. The highest BCUT2D eigenvalue weighted by molar-refractivity contribution is 6.09. The minimum Gasteiger partial charge on any atom is -0.294 e. The standard InChI is InChI=1S/C20H20O2/c1-11-3-5-15-13-8-10-18-16(6-4-12(2)20(18)22)14(13)7-9-17(15)19(11)21/h7-12H,3-6H2,1-2H3/t11-,12-/m0/s1. The molecule has 2 aromatic carbocycles. The summed E-state index contributed by atoms with van der Waals surface area (Å²) in [4.78, 5) is 24.8. The zero-order valence-electron chi connectivity index (χ0n) is 13.1. The minimum atomic E-state index is 0.130. The van der Waals surface area contributed by atoms with Gasteiger partial charge in [-0.3, -0.25) is 9.59 Å². The molecule has 0 saturated heterocycles. The lowest BCUT2D eigenvalue weighted by atomic mass is 9.77. The van der Waals surface area contributed by atoms with E-state index in [2.05, 4.69) is 12.1 Å². The van der Waals surface area contributed by atoms with Gasteiger partial charge < -0.3 is 0 Å². The van der Waals surface area contributed by atoms with Crippen LogP contribution in [-0.4, -0.2) is 11.6 Å². The molecule has 0 unspecified atom stereocenters. The number of benzene rings is 2. The predicted octanol–water partition coefficient (Wildman–Crippen LogP) is 4.37. The quantitative estimate of drug-likeness (QED) is 0.722. The molecule has 2 aromatic rings. The molecule has 0 aliphatic heterocycles. The SMILES string of the molecule is C[C@H]1CCc2c(ccc3c4c(ccc23)C(=O)[C@@H](C)CC4)C1=O. The van der Waals surface area contributed by atoms with Gasteiger partial charge in [-0.05, 0) is 47.6 Å². The van der Waals surface area contributed by atoms with Crippen LogP contribution in [0.1, 0.15) is 58.5 Å². The minimum absolute atomic E-state index is 0.130. The molecule has 22 heavy (non-hydrogen) atoms. The summed E-state index contributed by atoms with van der Waals surface area (Å²) in [6, 6.07) is 8.09. The number of rotatable bonds is 0. The zero-order chi connectivity index (χ0) is 15.4. The fraction of sp³-hybridized carbons (Fsp3) is 0.400. The summed E-state index contributed by atoms with van der Waals surface area (Å²) < 4.78 is 0. The maximum atomic E-state index is 12.4. The van der Waals surface area contributed by atoms with Crippen molar-refractivity contribution >= 4 is 22.3 Å². The van der Waals surface area contributed by atoms with E-state index in [0.717, 1.165) is 36.8 Å². The smallest absolute Gasteiger partial charge is 0.165 e. The summed E-state index contributed by atoms with van der Waals surface area (Å²) in [7, 11) is 0. The summed E-state index contributed by atoms with van der Waals surface area (Å²) in [6.07, 6.45) is 3.78. The molecular weight excluding hydrogens is 272 g/mol. The van der Waals surface area contributed by atoms with E-state index in [1.165, 1.54) is 21.9 Å². The molecule has 0 amide bonds. The fourth-order valence-corrected chi connectivity index (χ4v) is 4.05. The van der Waals surface area contributed by atoms with E-state index in [4.69, 9.17) is 0 Å². The molecule has 2 aliphatic carbocycles. The van der Waals surface area contributed by atoms with Crippen molar-refractivity contribution in [2.75, 3.05) is 0 Å². The van der Waals surface area contributed by atoms with Crippen molar-refractivity contribution in [3.8, 4) is 0 Å². The van der Waals surface area contributed by atoms with Crippen molar-refractivity contribution in [3.05, 3.63) is 46.5 Å². The molecular formula is C20H20O2. The Labute approximate surface area is 130 Å². The van der Waals surface area contributed by atoms with Crippen LogP contribution in [0.5, 0.6) is 0 Å². The first kappa shape index (κ1) is 13.7. The van der Waals surface area contributed by atoms with Gasteiger partial charge in [0.2, 0.25) is 0 Å². The monoisotopic (exact) mass is 292 g/mol. The molecule has 4 rings (SSSR count). The van der Waals surface area contributed by atoms with Crippen molar-refractivity contribution in [1.29, 1.82) is 0 Å². The Kier molecular flexibility index (Phi) is 2.97. The third-order valence-corrected chi connectivity index (χ3v) is 5.50. The van der Waals surface area contributed by atoms with Crippen molar-refractivity contribution < 1.29 is 9.59 Å². The molecule has 112 valence electrons. The molecule has 0 saturated carbocycles. The Hall–Kier alpha value is -1.96. The Morgan fingerprint density at radius 3 is 1.55 bits per heavy atom. The van der Waals surface area contributed by atoms with Crippen molar-refractivity contribution in [2.45, 2.75) is 39.5 Å². The molecule has 0 radical (unpaired) electrons. The number of carbonyl (C=O) groups excluding carboxylic acids is 2. The average Bonchev–Trinajstić information content (AvgIpc) is 2.53. The molecule has 0 fully saturated rings. The Morgan fingerprint density at radius 1 is 0.727 bits per heavy atom. The third-order valence-electron chi connectivity index (χ3n) is 5.50. The second kappa shape index (κ2) is 4.77. The summed E-state index contributed by atoms with van der Waals surface area (Å²) in [5, 5.41) is 2.36. The lowest BCUT2D eigenvalue weighted by Crippen LogP contribution is -2.22. The van der Waals surface area contributed by atoms with Crippen LogP contribution < -0.4 is 0 Å². The highest BCUT2D eigenvalue weighted by Crippen LogP contribution is 2.36. The first-order chi connectivity index (χ1) is 10.6. The highest BCUT2D eigenvalue weighted by atomic mass is 16.1. The van der Waals surface area contributed by atoms with Crippen LogP contribution in [0.15, 0.2) is 24.3 Å². The Morgan fingerprint density at radius 2 is 1.14 bits per heavy atom. The van der Waals surface area contributed by atoms with Crippen LogP contribution in [-0.2, 0) is 12.8 Å². The molecule has 0 aromatic heterocycles. The first-order valence-corrected chi connectivity index (χ1v) is 8.24. The first-order valence-electron chi connectivity index (χ1n) is 8.24. The van der Waals surface area contributed by atoms with E-state index in [-0.39, 0.29) is 23.4 Å². The highest BCUT2D eigenvalue weighted by Gasteiger charge is 2.28. The molecule has 2 nitrogen and oxygen atoms in total. The van der Waals surface area contributed by atoms with Gasteiger partial charge in [-0.15, -0.1) is 0 Å². The summed E-state index contributed by atoms with van der Waals surface area (Å²) in [5.41, 5.74) is 4.16. The molecule has 2 aliphatic rings. The number of aryl methyl sites for hydroxylation is 2. The summed E-state index contributed by atoms with van der Waals surface area (Å²) in [5.74, 6) is 0.797. The van der Waals surface area contributed by atoms with Crippen LogP contribution in [0.4, 0.5) is 0 Å². The van der Waals surface area contributed by atoms with E-state index in [0.29, 0.717) is 0 Å². The number of hydrogen-bond acceptors (Lipinski definition) is 2. The van der Waals surface area contributed by atoms with Crippen molar-refractivity contribution in [2.24, 2.45) is 11.8 Å². The van der Waals surface area contributed by atoms with Crippen molar-refractivity contribution in [3.63, 3.8) is 0 Å².